The highest BCUT2D eigenvalue weighted by atomic mass is 16.5. The molecule has 6 N–H and O–H groups in total. The fraction of sp³-hybridized carbons (Fsp3) is 0.242. The smallest absolute Gasteiger partial charge is 0.251 e. The Bertz CT molecular complexity index is 1410. The second-order valence-corrected chi connectivity index (χ2v) is 10.0. The number of hydrogen-bond acceptors (Lipinski definition) is 5. The van der Waals surface area contributed by atoms with Crippen molar-refractivity contribution in [3.05, 3.63) is 120 Å². The molecule has 0 aliphatic rings. The van der Waals surface area contributed by atoms with Gasteiger partial charge in [-0.3, -0.25) is 9.91 Å². The first-order valence-corrected chi connectivity index (χ1v) is 13.6. The Kier molecular flexibility index (Phi) is 10.5. The van der Waals surface area contributed by atoms with Gasteiger partial charge in [-0.05, 0) is 65.8 Å². The van der Waals surface area contributed by atoms with Crippen LogP contribution in [0, 0.1) is 5.92 Å². The summed E-state index contributed by atoms with van der Waals surface area (Å²) in [5.41, 5.74) is 5.19. The number of amides is 1. The summed E-state index contributed by atoms with van der Waals surface area (Å²) in [6.07, 6.45) is 1.96. The maximum atomic E-state index is 13.4. The summed E-state index contributed by atoms with van der Waals surface area (Å²) in [6, 6.07) is 30.4. The number of rotatable bonds is 13. The first-order valence-electron chi connectivity index (χ1n) is 13.6. The number of hydrogen-bond donors (Lipinski definition) is 4. The molecule has 214 valence electrons. The van der Waals surface area contributed by atoms with E-state index in [0.717, 1.165) is 23.1 Å². The quantitative estimate of drug-likeness (QED) is 0.145. The lowest BCUT2D eigenvalue weighted by atomic mass is 9.88. The molecule has 0 aromatic heterocycles. The third-order valence-electron chi connectivity index (χ3n) is 7.31. The molecule has 0 fully saturated rings. The van der Waals surface area contributed by atoms with Crippen LogP contribution in [0.4, 0.5) is 5.69 Å². The topological polar surface area (TPSA) is 122 Å². The molecule has 0 spiro atoms. The average Bonchev–Trinajstić information content (AvgIpc) is 3.02. The van der Waals surface area contributed by atoms with Crippen LogP contribution in [0.3, 0.4) is 0 Å². The first-order chi connectivity index (χ1) is 19.9. The lowest BCUT2D eigenvalue weighted by Crippen LogP contribution is -3.06. The Morgan fingerprint density at radius 1 is 0.878 bits per heavy atom. The number of nitrogen functional groups attached to an aromatic ring is 1. The molecular formula is C33H38N4O4. The highest BCUT2D eigenvalue weighted by Gasteiger charge is 2.24. The van der Waals surface area contributed by atoms with E-state index in [-0.39, 0.29) is 29.6 Å². The van der Waals surface area contributed by atoms with Crippen LogP contribution in [-0.4, -0.2) is 37.9 Å². The Hall–Kier alpha value is -4.21. The van der Waals surface area contributed by atoms with E-state index in [1.165, 1.54) is 5.56 Å². The summed E-state index contributed by atoms with van der Waals surface area (Å²) < 4.78 is 10.8. The third-order valence-corrected chi connectivity index (χ3v) is 7.31. The Morgan fingerprint density at radius 2 is 1.56 bits per heavy atom. The van der Waals surface area contributed by atoms with Crippen LogP contribution in [0.2, 0.25) is 0 Å². The summed E-state index contributed by atoms with van der Waals surface area (Å²) in [6.45, 7) is -0.0950. The molecule has 8 nitrogen and oxygen atoms in total. The third kappa shape index (κ3) is 7.93. The van der Waals surface area contributed by atoms with Gasteiger partial charge in [-0.1, -0.05) is 60.7 Å². The first kappa shape index (κ1) is 29.8. The van der Waals surface area contributed by atoms with Gasteiger partial charge in [0, 0.05) is 36.3 Å². The Morgan fingerprint density at radius 3 is 2.22 bits per heavy atom. The van der Waals surface area contributed by atoms with Gasteiger partial charge in [-0.25, -0.2) is 0 Å². The highest BCUT2D eigenvalue weighted by molar-refractivity contribution is 5.95. The molecule has 4 rings (SSSR count). The maximum Gasteiger partial charge on any atom is 0.251 e. The Labute approximate surface area is 241 Å². The zero-order valence-corrected chi connectivity index (χ0v) is 23.5. The number of aliphatic hydroxyl groups is 1. The molecule has 0 bridgehead atoms. The number of carbonyl (C=O) groups is 1. The summed E-state index contributed by atoms with van der Waals surface area (Å²) in [5.74, 6) is 14.3. The van der Waals surface area contributed by atoms with Crippen LogP contribution in [-0.2, 0) is 12.8 Å². The molecule has 0 saturated carbocycles. The van der Waals surface area contributed by atoms with E-state index < -0.39 is 0 Å². The molecule has 0 aliphatic carbocycles. The second kappa shape index (κ2) is 14.4. The van der Waals surface area contributed by atoms with Crippen molar-refractivity contribution in [2.45, 2.75) is 25.3 Å². The minimum atomic E-state index is -0.279. The number of nitrogens with one attached hydrogen (secondary N) is 3. The van der Waals surface area contributed by atoms with Crippen molar-refractivity contribution < 1.29 is 24.5 Å². The minimum absolute atomic E-state index is 0.00198. The van der Waals surface area contributed by atoms with Gasteiger partial charge < -0.3 is 25.7 Å². The van der Waals surface area contributed by atoms with E-state index in [1.54, 1.807) is 32.4 Å². The zero-order valence-electron chi connectivity index (χ0n) is 23.5. The van der Waals surface area contributed by atoms with Crippen LogP contribution in [0.15, 0.2) is 97.1 Å². The molecule has 0 saturated heterocycles. The monoisotopic (exact) mass is 554 g/mol. The van der Waals surface area contributed by atoms with Crippen LogP contribution in [0.25, 0.3) is 17.0 Å². The van der Waals surface area contributed by atoms with Gasteiger partial charge in [0.05, 0.1) is 14.2 Å². The average molecular weight is 555 g/mol. The number of carbonyl (C=O) groups excluding carboxylic acids is 1. The number of benzene rings is 4. The summed E-state index contributed by atoms with van der Waals surface area (Å²) in [5, 5.41) is 13.6. The summed E-state index contributed by atoms with van der Waals surface area (Å²) in [4.78, 5) is 13.4. The van der Waals surface area contributed by atoms with Crippen LogP contribution >= 0.6 is 0 Å². The fourth-order valence-corrected chi connectivity index (χ4v) is 4.98. The number of aryl methyl sites for hydroxylation is 1. The van der Waals surface area contributed by atoms with Gasteiger partial charge >= 0.3 is 0 Å². The van der Waals surface area contributed by atoms with Crippen molar-refractivity contribution in [2.24, 2.45) is 11.8 Å². The van der Waals surface area contributed by atoms with Gasteiger partial charge in [-0.15, -0.1) is 0 Å². The molecule has 4 aromatic carbocycles. The SMILES string of the molecule is COc1ccc(-c2ccc(C(=O)NC(CCc3ccccc3)C(CO)Cc3cccc([NH+]([NH-])N)c3)cc2)cc1OC. The van der Waals surface area contributed by atoms with Crippen molar-refractivity contribution in [1.82, 2.24) is 5.32 Å². The van der Waals surface area contributed by atoms with Gasteiger partial charge in [0.1, 0.15) is 5.69 Å². The van der Waals surface area contributed by atoms with Crippen LogP contribution < -0.4 is 25.8 Å². The summed E-state index contributed by atoms with van der Waals surface area (Å²) >= 11 is 0. The van der Waals surface area contributed by atoms with E-state index in [1.807, 2.05) is 66.7 Å². The standard InChI is InChI=1S/C33H38N4O4/c1-40-31-18-16-27(21-32(31)41-2)25-12-14-26(15-13-25)33(39)36-30(17-11-23-7-4-3-5-8-23)28(22-38)19-24-9-6-10-29(20-24)37(34)35/h3-10,12-16,18,20-21,28,30,34,37-38H,11,17,19,22,35H2,1-2H3,(H,36,39). The number of ether oxygens (including phenoxy) is 2. The van der Waals surface area contributed by atoms with Crippen molar-refractivity contribution >= 4 is 11.6 Å². The molecule has 1 amide bonds. The molecule has 3 atom stereocenters. The normalized spacial score (nSPS) is 13.2. The van der Waals surface area contributed by atoms with Gasteiger partial charge in [0.2, 0.25) is 0 Å². The van der Waals surface area contributed by atoms with E-state index in [0.29, 0.717) is 35.6 Å². The number of quaternary nitrogens is 1. The number of aliphatic hydroxyl groups excluding tert-OH is 1. The molecular weight excluding hydrogens is 516 g/mol. The van der Waals surface area contributed by atoms with Crippen molar-refractivity contribution in [2.75, 3.05) is 20.8 Å². The highest BCUT2D eigenvalue weighted by Crippen LogP contribution is 2.32. The molecule has 0 radical (unpaired) electrons. The van der Waals surface area contributed by atoms with Crippen molar-refractivity contribution in [3.8, 4) is 22.6 Å². The molecule has 41 heavy (non-hydrogen) atoms. The van der Waals surface area contributed by atoms with Gasteiger partial charge in [0.15, 0.2) is 11.5 Å². The molecule has 8 heteroatoms. The minimum Gasteiger partial charge on any atom is -0.493 e. The fourth-order valence-electron chi connectivity index (χ4n) is 4.98. The number of methoxy groups -OCH3 is 2. The number of nitrogens with two attached hydrogens (primary N) is 1. The van der Waals surface area contributed by atoms with Crippen LogP contribution in [0.1, 0.15) is 27.9 Å². The van der Waals surface area contributed by atoms with Gasteiger partial charge in [-0.2, -0.15) is 5.84 Å². The van der Waals surface area contributed by atoms with E-state index in [2.05, 4.69) is 17.4 Å². The predicted molar refractivity (Wildman–Crippen MR) is 161 cm³/mol. The molecule has 3 unspecified atom stereocenters. The molecule has 0 heterocycles. The van der Waals surface area contributed by atoms with Crippen molar-refractivity contribution in [1.29, 1.82) is 0 Å². The van der Waals surface area contributed by atoms with Crippen LogP contribution in [0.5, 0.6) is 11.5 Å². The maximum absolute atomic E-state index is 13.4. The van der Waals surface area contributed by atoms with Gasteiger partial charge in [0.25, 0.3) is 5.91 Å². The van der Waals surface area contributed by atoms with E-state index >= 15 is 0 Å². The lowest BCUT2D eigenvalue weighted by molar-refractivity contribution is -0.790. The largest absolute Gasteiger partial charge is 0.493 e. The summed E-state index contributed by atoms with van der Waals surface area (Å²) in [7, 11) is 3.20. The van der Waals surface area contributed by atoms with Crippen molar-refractivity contribution in [3.63, 3.8) is 0 Å². The van der Waals surface area contributed by atoms with E-state index in [4.69, 9.17) is 21.2 Å². The lowest BCUT2D eigenvalue weighted by Gasteiger charge is -2.27. The molecule has 0 aliphatic heterocycles. The molecule has 4 aromatic rings. The van der Waals surface area contributed by atoms with E-state index in [9.17, 15) is 9.90 Å². The predicted octanol–water partition coefficient (Wildman–Crippen LogP) is 4.31. The second-order valence-electron chi connectivity index (χ2n) is 10.0. The Balaban J connectivity index is 1.52. The zero-order chi connectivity index (χ0) is 29.2.